The fraction of sp³-hybridized carbons (Fsp3) is 0.227. The van der Waals surface area contributed by atoms with Gasteiger partial charge in [-0.25, -0.2) is 4.39 Å². The molecule has 31 heavy (non-hydrogen) atoms. The number of carbonyl (C=O) groups is 1. The molecule has 0 fully saturated rings. The van der Waals surface area contributed by atoms with Crippen molar-refractivity contribution in [3.63, 3.8) is 0 Å². The van der Waals surface area contributed by atoms with Crippen LogP contribution < -0.4 is 10.6 Å². The highest BCUT2D eigenvalue weighted by Crippen LogP contribution is 2.11. The van der Waals surface area contributed by atoms with E-state index in [1.807, 2.05) is 42.3 Å². The molecule has 0 spiro atoms. The fourth-order valence-corrected chi connectivity index (χ4v) is 3.05. The largest absolute Gasteiger partial charge is 0.352 e. The first-order chi connectivity index (χ1) is 14.5. The number of rotatable bonds is 7. The molecule has 0 aliphatic heterocycles. The summed E-state index contributed by atoms with van der Waals surface area (Å²) in [6.45, 7) is 1.22. The number of carbonyl (C=O) groups excluding carboxylic acids is 1. The number of amides is 1. The Kier molecular flexibility index (Phi) is 9.44. The molecule has 0 unspecified atom stereocenters. The number of hydrogen-bond acceptors (Lipinski definition) is 3. The number of nitrogens with one attached hydrogen (secondary N) is 2. The van der Waals surface area contributed by atoms with Crippen molar-refractivity contribution in [1.29, 1.82) is 0 Å². The Morgan fingerprint density at radius 1 is 1.16 bits per heavy atom. The molecule has 164 valence electrons. The number of aromatic nitrogens is 2. The van der Waals surface area contributed by atoms with E-state index < -0.39 is 0 Å². The lowest BCUT2D eigenvalue weighted by Crippen LogP contribution is -2.38. The summed E-state index contributed by atoms with van der Waals surface area (Å²) in [6, 6.07) is 15.9. The van der Waals surface area contributed by atoms with Crippen LogP contribution in [0.5, 0.6) is 0 Å². The quantitative estimate of drug-likeness (QED) is 0.276. The molecule has 1 amide bonds. The van der Waals surface area contributed by atoms with E-state index in [9.17, 15) is 9.18 Å². The molecule has 0 saturated heterocycles. The average molecular weight is 536 g/mol. The highest BCUT2D eigenvalue weighted by atomic mass is 127. The Hall–Kier alpha value is -2.95. The van der Waals surface area contributed by atoms with E-state index in [0.29, 0.717) is 19.0 Å². The lowest BCUT2D eigenvalue weighted by molar-refractivity contribution is -0.116. The molecule has 3 rings (SSSR count). The Bertz CT molecular complexity index is 1010. The van der Waals surface area contributed by atoms with Gasteiger partial charge in [0, 0.05) is 45.3 Å². The second-order valence-electron chi connectivity index (χ2n) is 6.84. The summed E-state index contributed by atoms with van der Waals surface area (Å²) in [5.74, 6) is 0.289. The van der Waals surface area contributed by atoms with E-state index in [2.05, 4.69) is 20.7 Å². The third kappa shape index (κ3) is 7.67. The van der Waals surface area contributed by atoms with Gasteiger partial charge in [0.1, 0.15) is 12.4 Å². The minimum Gasteiger partial charge on any atom is -0.352 e. The normalized spacial score (nSPS) is 10.9. The molecule has 2 aromatic carbocycles. The van der Waals surface area contributed by atoms with Crippen LogP contribution in [0, 0.1) is 5.82 Å². The van der Waals surface area contributed by atoms with Gasteiger partial charge in [-0.2, -0.15) is 5.10 Å². The van der Waals surface area contributed by atoms with Crippen LogP contribution in [-0.4, -0.2) is 40.6 Å². The SMILES string of the molecule is CN=C(NCc1cccc(NC(=O)Cn2cccn2)c1)N(C)Cc1cccc(F)c1.I. The Balaban J connectivity index is 0.00000341. The number of nitrogens with zero attached hydrogens (tertiary/aromatic N) is 4. The van der Waals surface area contributed by atoms with Crippen LogP contribution in [0.1, 0.15) is 11.1 Å². The van der Waals surface area contributed by atoms with E-state index in [-0.39, 0.29) is 42.2 Å². The van der Waals surface area contributed by atoms with E-state index in [0.717, 1.165) is 16.8 Å². The van der Waals surface area contributed by atoms with Crippen LogP contribution in [-0.2, 0) is 24.4 Å². The number of benzene rings is 2. The standard InChI is InChI=1S/C22H25FN6O.HI/c1-24-22(28(2)15-18-7-3-8-19(23)12-18)25-14-17-6-4-9-20(13-17)27-21(30)16-29-11-5-10-26-29;/h3-13H,14-16H2,1-2H3,(H,24,25)(H,27,30);1H. The first-order valence-electron chi connectivity index (χ1n) is 9.56. The van der Waals surface area contributed by atoms with Crippen LogP contribution in [0.4, 0.5) is 10.1 Å². The molecule has 7 nitrogen and oxygen atoms in total. The van der Waals surface area contributed by atoms with Crippen molar-refractivity contribution in [2.45, 2.75) is 19.6 Å². The van der Waals surface area contributed by atoms with Gasteiger partial charge in [0.05, 0.1) is 0 Å². The molecular formula is C22H26FIN6O. The van der Waals surface area contributed by atoms with Gasteiger partial charge in [-0.1, -0.05) is 24.3 Å². The van der Waals surface area contributed by atoms with Gasteiger partial charge in [0.15, 0.2) is 5.96 Å². The molecule has 0 atom stereocenters. The van der Waals surface area contributed by atoms with Gasteiger partial charge in [0.2, 0.25) is 5.91 Å². The summed E-state index contributed by atoms with van der Waals surface area (Å²) < 4.78 is 15.0. The molecule has 1 heterocycles. The van der Waals surface area contributed by atoms with E-state index in [1.54, 1.807) is 36.3 Å². The van der Waals surface area contributed by atoms with Gasteiger partial charge in [0.25, 0.3) is 0 Å². The maximum absolute atomic E-state index is 13.4. The predicted octanol–water partition coefficient (Wildman–Crippen LogP) is 3.49. The zero-order valence-electron chi connectivity index (χ0n) is 17.5. The second-order valence-corrected chi connectivity index (χ2v) is 6.84. The van der Waals surface area contributed by atoms with Crippen LogP contribution in [0.15, 0.2) is 72.0 Å². The summed E-state index contributed by atoms with van der Waals surface area (Å²) in [7, 11) is 3.60. The smallest absolute Gasteiger partial charge is 0.246 e. The molecule has 3 aromatic rings. The van der Waals surface area contributed by atoms with Crippen molar-refractivity contribution in [3.8, 4) is 0 Å². The highest BCUT2D eigenvalue weighted by molar-refractivity contribution is 14.0. The zero-order valence-corrected chi connectivity index (χ0v) is 19.8. The van der Waals surface area contributed by atoms with Gasteiger partial charge in [-0.05, 0) is 41.5 Å². The van der Waals surface area contributed by atoms with Crippen molar-refractivity contribution in [2.24, 2.45) is 4.99 Å². The number of anilines is 1. The molecule has 0 aliphatic rings. The summed E-state index contributed by atoms with van der Waals surface area (Å²) >= 11 is 0. The molecule has 1 aromatic heterocycles. The first kappa shape index (κ1) is 24.3. The molecule has 0 saturated carbocycles. The molecular weight excluding hydrogens is 510 g/mol. The summed E-state index contributed by atoms with van der Waals surface area (Å²) in [6.07, 6.45) is 3.38. The van der Waals surface area contributed by atoms with Gasteiger partial charge >= 0.3 is 0 Å². The lowest BCUT2D eigenvalue weighted by Gasteiger charge is -2.22. The van der Waals surface area contributed by atoms with Gasteiger partial charge in [-0.3, -0.25) is 14.5 Å². The predicted molar refractivity (Wildman–Crippen MR) is 131 cm³/mol. The van der Waals surface area contributed by atoms with E-state index >= 15 is 0 Å². The molecule has 0 radical (unpaired) electrons. The molecule has 0 bridgehead atoms. The number of hydrogen-bond donors (Lipinski definition) is 2. The molecule has 9 heteroatoms. The molecule has 2 N–H and O–H groups in total. The number of halogens is 2. The second kappa shape index (κ2) is 12.0. The monoisotopic (exact) mass is 536 g/mol. The van der Waals surface area contributed by atoms with Gasteiger partial charge < -0.3 is 15.5 Å². The molecule has 0 aliphatic carbocycles. The summed E-state index contributed by atoms with van der Waals surface area (Å²) in [4.78, 5) is 18.4. The van der Waals surface area contributed by atoms with Gasteiger partial charge in [-0.15, -0.1) is 24.0 Å². The first-order valence-corrected chi connectivity index (χ1v) is 9.56. The Labute approximate surface area is 198 Å². The summed E-state index contributed by atoms with van der Waals surface area (Å²) in [5, 5.41) is 10.2. The number of guanidine groups is 1. The topological polar surface area (TPSA) is 74.5 Å². The third-order valence-corrected chi connectivity index (χ3v) is 4.41. The minimum atomic E-state index is -0.254. The zero-order chi connectivity index (χ0) is 21.3. The van der Waals surface area contributed by atoms with Crippen molar-refractivity contribution < 1.29 is 9.18 Å². The van der Waals surface area contributed by atoms with Crippen molar-refractivity contribution in [2.75, 3.05) is 19.4 Å². The van der Waals surface area contributed by atoms with E-state index in [4.69, 9.17) is 0 Å². The fourth-order valence-electron chi connectivity index (χ4n) is 3.05. The van der Waals surface area contributed by atoms with Crippen LogP contribution >= 0.6 is 24.0 Å². The van der Waals surface area contributed by atoms with Crippen molar-refractivity contribution >= 4 is 41.5 Å². The third-order valence-electron chi connectivity index (χ3n) is 4.41. The Morgan fingerprint density at radius 2 is 1.94 bits per heavy atom. The van der Waals surface area contributed by atoms with Crippen LogP contribution in [0.3, 0.4) is 0 Å². The maximum Gasteiger partial charge on any atom is 0.246 e. The van der Waals surface area contributed by atoms with Crippen LogP contribution in [0.25, 0.3) is 0 Å². The number of aliphatic imine (C=N–C) groups is 1. The van der Waals surface area contributed by atoms with Crippen molar-refractivity contribution in [1.82, 2.24) is 20.0 Å². The lowest BCUT2D eigenvalue weighted by atomic mass is 10.2. The average Bonchev–Trinajstić information content (AvgIpc) is 3.21. The summed E-state index contributed by atoms with van der Waals surface area (Å²) in [5.41, 5.74) is 2.57. The van der Waals surface area contributed by atoms with Crippen molar-refractivity contribution in [3.05, 3.63) is 83.9 Å². The van der Waals surface area contributed by atoms with Crippen LogP contribution in [0.2, 0.25) is 0 Å². The Morgan fingerprint density at radius 3 is 2.65 bits per heavy atom. The van der Waals surface area contributed by atoms with E-state index in [1.165, 1.54) is 12.1 Å². The minimum absolute atomic E-state index is 0. The maximum atomic E-state index is 13.4. The highest BCUT2D eigenvalue weighted by Gasteiger charge is 2.08.